The van der Waals surface area contributed by atoms with Crippen molar-refractivity contribution >= 4 is 11.7 Å². The van der Waals surface area contributed by atoms with Crippen LogP contribution in [0.25, 0.3) is 0 Å². The molecule has 3 rings (SSSR count). The lowest BCUT2D eigenvalue weighted by atomic mass is 10.0. The Bertz CT molecular complexity index is 941. The van der Waals surface area contributed by atoms with Crippen molar-refractivity contribution in [3.63, 3.8) is 0 Å². The number of nitrogens with two attached hydrogens (primary N) is 1. The van der Waals surface area contributed by atoms with Crippen molar-refractivity contribution in [3.05, 3.63) is 95.1 Å². The zero-order valence-electron chi connectivity index (χ0n) is 16.1. The van der Waals surface area contributed by atoms with Crippen LogP contribution < -0.4 is 10.5 Å². The second-order valence-corrected chi connectivity index (χ2v) is 6.81. The number of hydrogen-bond donors (Lipinski definition) is 1. The zero-order chi connectivity index (χ0) is 21.0. The molecule has 0 fully saturated rings. The molecule has 3 aromatic carbocycles. The van der Waals surface area contributed by atoms with Gasteiger partial charge in [0.2, 0.25) is 0 Å². The lowest BCUT2D eigenvalue weighted by molar-refractivity contribution is 0.0372. The van der Waals surface area contributed by atoms with Gasteiger partial charge in [-0.25, -0.2) is 13.6 Å². The number of halogens is 2. The fraction of sp³-hybridized carbons (Fsp3) is 0.174. The molecule has 2 N–H and O–H groups in total. The van der Waals surface area contributed by atoms with E-state index >= 15 is 0 Å². The number of anilines is 1. The first-order chi connectivity index (χ1) is 13.8. The summed E-state index contributed by atoms with van der Waals surface area (Å²) in [6, 6.07) is 16.2. The fourth-order valence-corrected chi connectivity index (χ4v) is 2.82. The average molecular weight is 397 g/mol. The molecular weight excluding hydrogens is 376 g/mol. The summed E-state index contributed by atoms with van der Waals surface area (Å²) in [5.41, 5.74) is 7.67. The molecule has 0 saturated carbocycles. The van der Waals surface area contributed by atoms with E-state index < -0.39 is 12.1 Å². The molecule has 0 aliphatic rings. The first-order valence-corrected chi connectivity index (χ1v) is 9.11. The molecule has 0 spiro atoms. The highest BCUT2D eigenvalue weighted by molar-refractivity contribution is 5.93. The Hall–Kier alpha value is -3.41. The second kappa shape index (κ2) is 8.73. The fourth-order valence-electron chi connectivity index (χ4n) is 2.82. The summed E-state index contributed by atoms with van der Waals surface area (Å²) < 4.78 is 38.2. The predicted molar refractivity (Wildman–Crippen MR) is 107 cm³/mol. The number of hydrogen-bond acceptors (Lipinski definition) is 4. The predicted octanol–water partition coefficient (Wildman–Crippen LogP) is 5.28. The third-order valence-electron chi connectivity index (χ3n) is 4.16. The molecule has 4 nitrogen and oxygen atoms in total. The molecule has 0 aliphatic heterocycles. The topological polar surface area (TPSA) is 61.5 Å². The van der Waals surface area contributed by atoms with Gasteiger partial charge in [-0.1, -0.05) is 24.3 Å². The molecule has 0 aliphatic carbocycles. The molecule has 0 saturated heterocycles. The molecular formula is C23H21F2NO3. The van der Waals surface area contributed by atoms with Gasteiger partial charge in [0, 0.05) is 5.69 Å². The van der Waals surface area contributed by atoms with Crippen LogP contribution in [0.3, 0.4) is 0 Å². The van der Waals surface area contributed by atoms with Crippen LogP contribution in [0.15, 0.2) is 66.7 Å². The Morgan fingerprint density at radius 1 is 0.862 bits per heavy atom. The van der Waals surface area contributed by atoms with Crippen molar-refractivity contribution in [3.8, 4) is 5.75 Å². The molecule has 6 heteroatoms. The smallest absolute Gasteiger partial charge is 0.342 e. The monoisotopic (exact) mass is 397 g/mol. The summed E-state index contributed by atoms with van der Waals surface area (Å²) >= 11 is 0. The first kappa shape index (κ1) is 20.3. The Labute approximate surface area is 167 Å². The van der Waals surface area contributed by atoms with Crippen molar-refractivity contribution < 1.29 is 23.0 Å². The Kier molecular flexibility index (Phi) is 6.12. The van der Waals surface area contributed by atoms with Crippen molar-refractivity contribution in [2.75, 3.05) is 5.73 Å². The number of carbonyl (C=O) groups excluding carboxylic acids is 1. The molecule has 0 radical (unpaired) electrons. The van der Waals surface area contributed by atoms with Gasteiger partial charge in [0.1, 0.15) is 29.1 Å². The molecule has 29 heavy (non-hydrogen) atoms. The van der Waals surface area contributed by atoms with E-state index in [-0.39, 0.29) is 29.1 Å². The number of ether oxygens (including phenoxy) is 2. The highest BCUT2D eigenvalue weighted by Crippen LogP contribution is 2.32. The second-order valence-electron chi connectivity index (χ2n) is 6.81. The third-order valence-corrected chi connectivity index (χ3v) is 4.16. The summed E-state index contributed by atoms with van der Waals surface area (Å²) in [6.07, 6.45) is -1.02. The van der Waals surface area contributed by atoms with Gasteiger partial charge in [0.05, 0.1) is 6.10 Å². The first-order valence-electron chi connectivity index (χ1n) is 9.11. The van der Waals surface area contributed by atoms with E-state index in [1.165, 1.54) is 30.3 Å². The Balaban J connectivity index is 2.03. The van der Waals surface area contributed by atoms with E-state index in [1.807, 2.05) is 0 Å². The van der Waals surface area contributed by atoms with Gasteiger partial charge in [-0.2, -0.15) is 0 Å². The summed E-state index contributed by atoms with van der Waals surface area (Å²) in [6.45, 7) is 3.48. The summed E-state index contributed by atoms with van der Waals surface area (Å²) in [5, 5.41) is 0. The van der Waals surface area contributed by atoms with Crippen LogP contribution in [0.1, 0.15) is 41.4 Å². The maximum absolute atomic E-state index is 13.4. The lowest BCUT2D eigenvalue weighted by Gasteiger charge is -2.22. The van der Waals surface area contributed by atoms with Gasteiger partial charge in [0.15, 0.2) is 0 Å². The summed E-state index contributed by atoms with van der Waals surface area (Å²) in [7, 11) is 0. The van der Waals surface area contributed by atoms with Crippen LogP contribution in [0, 0.1) is 11.6 Å². The van der Waals surface area contributed by atoms with Crippen molar-refractivity contribution in [1.29, 1.82) is 0 Å². The number of carbonyl (C=O) groups is 1. The van der Waals surface area contributed by atoms with Crippen LogP contribution >= 0.6 is 0 Å². The standard InChI is InChI=1S/C23H21F2NO3/c1-14(2)28-23(27)20-13-19(26)11-12-21(20)29-22(15-3-7-17(24)8-4-15)16-5-9-18(25)10-6-16/h3-14,22H,26H2,1-2H3. The van der Waals surface area contributed by atoms with E-state index in [9.17, 15) is 13.6 Å². The number of benzene rings is 3. The molecule has 0 unspecified atom stereocenters. The summed E-state index contributed by atoms with van der Waals surface area (Å²) in [5.74, 6) is -1.09. The van der Waals surface area contributed by atoms with Crippen LogP contribution in [0.4, 0.5) is 14.5 Å². The Morgan fingerprint density at radius 3 is 1.86 bits per heavy atom. The molecule has 0 heterocycles. The van der Waals surface area contributed by atoms with Crippen LogP contribution in [0.5, 0.6) is 5.75 Å². The van der Waals surface area contributed by atoms with Gasteiger partial charge >= 0.3 is 5.97 Å². The van der Waals surface area contributed by atoms with Crippen molar-refractivity contribution in [2.24, 2.45) is 0 Å². The summed E-state index contributed by atoms with van der Waals surface area (Å²) in [4.78, 5) is 12.5. The molecule has 0 atom stereocenters. The van der Waals surface area contributed by atoms with E-state index in [0.717, 1.165) is 0 Å². The van der Waals surface area contributed by atoms with Crippen molar-refractivity contribution in [1.82, 2.24) is 0 Å². The van der Waals surface area contributed by atoms with Crippen LogP contribution in [0.2, 0.25) is 0 Å². The molecule has 150 valence electrons. The minimum Gasteiger partial charge on any atom is -0.480 e. The largest absolute Gasteiger partial charge is 0.480 e. The highest BCUT2D eigenvalue weighted by atomic mass is 19.1. The van der Waals surface area contributed by atoms with Gasteiger partial charge in [-0.05, 0) is 67.4 Å². The zero-order valence-corrected chi connectivity index (χ0v) is 16.1. The Morgan fingerprint density at radius 2 is 1.38 bits per heavy atom. The maximum Gasteiger partial charge on any atom is 0.342 e. The van der Waals surface area contributed by atoms with Crippen LogP contribution in [-0.4, -0.2) is 12.1 Å². The van der Waals surface area contributed by atoms with Gasteiger partial charge in [-0.15, -0.1) is 0 Å². The minimum atomic E-state index is -0.703. The molecule has 0 bridgehead atoms. The third kappa shape index (κ3) is 5.10. The quantitative estimate of drug-likeness (QED) is 0.454. The van der Waals surface area contributed by atoms with Crippen LogP contribution in [-0.2, 0) is 4.74 Å². The van der Waals surface area contributed by atoms with Gasteiger partial charge in [0.25, 0.3) is 0 Å². The lowest BCUT2D eigenvalue weighted by Crippen LogP contribution is -2.16. The minimum absolute atomic E-state index is 0.174. The molecule has 0 amide bonds. The van der Waals surface area contributed by atoms with E-state index in [0.29, 0.717) is 16.8 Å². The van der Waals surface area contributed by atoms with Gasteiger partial charge in [-0.3, -0.25) is 0 Å². The van der Waals surface area contributed by atoms with E-state index in [1.54, 1.807) is 50.2 Å². The number of esters is 1. The van der Waals surface area contributed by atoms with E-state index in [2.05, 4.69) is 0 Å². The molecule has 3 aromatic rings. The molecule has 0 aromatic heterocycles. The van der Waals surface area contributed by atoms with E-state index in [4.69, 9.17) is 15.2 Å². The maximum atomic E-state index is 13.4. The van der Waals surface area contributed by atoms with Gasteiger partial charge < -0.3 is 15.2 Å². The van der Waals surface area contributed by atoms with Crippen molar-refractivity contribution in [2.45, 2.75) is 26.1 Å². The highest BCUT2D eigenvalue weighted by Gasteiger charge is 2.22. The number of nitrogen functional groups attached to an aromatic ring is 1. The average Bonchev–Trinajstić information content (AvgIpc) is 2.68. The number of rotatable bonds is 6. The normalized spacial score (nSPS) is 11.0. The SMILES string of the molecule is CC(C)OC(=O)c1cc(N)ccc1OC(c1ccc(F)cc1)c1ccc(F)cc1.